The average Bonchev–Trinajstić information content (AvgIpc) is 3.26. The number of benzene rings is 1. The van der Waals surface area contributed by atoms with Gasteiger partial charge in [0.2, 0.25) is 5.91 Å². The SMILES string of the molecule is CCc1nc2c(C)cc(C)nc2n1Cc1ccc(/C=C/C(=O)N2CCC(N3CCOCC3)CC2)cc1. The summed E-state index contributed by atoms with van der Waals surface area (Å²) in [7, 11) is 0. The van der Waals surface area contributed by atoms with Crippen molar-refractivity contribution in [2.75, 3.05) is 39.4 Å². The summed E-state index contributed by atoms with van der Waals surface area (Å²) < 4.78 is 7.70. The van der Waals surface area contributed by atoms with Crippen molar-refractivity contribution in [1.82, 2.24) is 24.3 Å². The van der Waals surface area contributed by atoms with Gasteiger partial charge in [-0.25, -0.2) is 9.97 Å². The minimum absolute atomic E-state index is 0.105. The van der Waals surface area contributed by atoms with E-state index in [1.165, 1.54) is 11.1 Å². The van der Waals surface area contributed by atoms with Crippen LogP contribution in [0.4, 0.5) is 0 Å². The van der Waals surface area contributed by atoms with Gasteiger partial charge in [-0.15, -0.1) is 0 Å². The van der Waals surface area contributed by atoms with Crippen LogP contribution in [0.5, 0.6) is 0 Å². The number of carbonyl (C=O) groups is 1. The molecule has 0 spiro atoms. The van der Waals surface area contributed by atoms with Gasteiger partial charge in [0.15, 0.2) is 5.65 Å². The lowest BCUT2D eigenvalue weighted by atomic mass is 10.0. The summed E-state index contributed by atoms with van der Waals surface area (Å²) in [5.41, 5.74) is 6.35. The van der Waals surface area contributed by atoms with Crippen molar-refractivity contribution in [3.05, 3.63) is 64.6 Å². The molecule has 1 aromatic carbocycles. The summed E-state index contributed by atoms with van der Waals surface area (Å²) in [4.78, 5) is 26.9. The molecule has 2 aliphatic heterocycles. The summed E-state index contributed by atoms with van der Waals surface area (Å²) in [5.74, 6) is 1.16. The maximum absolute atomic E-state index is 12.8. The minimum Gasteiger partial charge on any atom is -0.379 e. The molecule has 7 heteroatoms. The number of likely N-dealkylation sites (tertiary alicyclic amines) is 1. The average molecular weight is 488 g/mol. The number of aryl methyl sites for hydroxylation is 3. The zero-order valence-electron chi connectivity index (χ0n) is 21.7. The van der Waals surface area contributed by atoms with Crippen LogP contribution in [0.25, 0.3) is 17.2 Å². The number of fused-ring (bicyclic) bond motifs is 1. The Kier molecular flexibility index (Phi) is 7.48. The molecule has 7 nitrogen and oxygen atoms in total. The van der Waals surface area contributed by atoms with Gasteiger partial charge in [0, 0.05) is 50.4 Å². The molecular weight excluding hydrogens is 450 g/mol. The molecule has 0 radical (unpaired) electrons. The molecule has 0 bridgehead atoms. The minimum atomic E-state index is 0.105. The standard InChI is InChI=1S/C29H37N5O2/c1-4-26-31-28-21(2)19-22(3)30-29(28)34(26)20-24-7-5-23(6-8-24)9-10-27(35)33-13-11-25(12-14-33)32-15-17-36-18-16-32/h5-10,19,25H,4,11-18,20H2,1-3H3/b10-9+. The Balaban J connectivity index is 1.20. The Morgan fingerprint density at radius 1 is 1.06 bits per heavy atom. The van der Waals surface area contributed by atoms with Crippen LogP contribution in [0.15, 0.2) is 36.4 Å². The van der Waals surface area contributed by atoms with E-state index < -0.39 is 0 Å². The molecule has 4 heterocycles. The summed E-state index contributed by atoms with van der Waals surface area (Å²) in [6.45, 7) is 12.3. The fourth-order valence-electron chi connectivity index (χ4n) is 5.47. The molecule has 190 valence electrons. The third kappa shape index (κ3) is 5.37. The highest BCUT2D eigenvalue weighted by Crippen LogP contribution is 2.22. The second-order valence-corrected chi connectivity index (χ2v) is 10.0. The summed E-state index contributed by atoms with van der Waals surface area (Å²) in [5, 5.41) is 0. The number of amides is 1. The highest BCUT2D eigenvalue weighted by molar-refractivity contribution is 5.91. The number of hydrogen-bond acceptors (Lipinski definition) is 5. The molecule has 0 N–H and O–H groups in total. The smallest absolute Gasteiger partial charge is 0.246 e. The molecule has 36 heavy (non-hydrogen) atoms. The Morgan fingerprint density at radius 2 is 1.78 bits per heavy atom. The number of aromatic nitrogens is 3. The molecule has 5 rings (SSSR count). The van der Waals surface area contributed by atoms with E-state index in [0.717, 1.165) is 93.4 Å². The Bertz CT molecular complexity index is 1230. The number of piperidine rings is 1. The summed E-state index contributed by atoms with van der Waals surface area (Å²) in [6, 6.07) is 11.1. The van der Waals surface area contributed by atoms with Crippen molar-refractivity contribution in [2.45, 2.75) is 52.6 Å². The van der Waals surface area contributed by atoms with Gasteiger partial charge >= 0.3 is 0 Å². The van der Waals surface area contributed by atoms with Crippen LogP contribution in [0, 0.1) is 13.8 Å². The maximum Gasteiger partial charge on any atom is 0.246 e. The van der Waals surface area contributed by atoms with Crippen molar-refractivity contribution < 1.29 is 9.53 Å². The van der Waals surface area contributed by atoms with Crippen LogP contribution in [0.3, 0.4) is 0 Å². The number of nitrogens with zero attached hydrogens (tertiary/aromatic N) is 5. The number of imidazole rings is 1. The molecule has 2 aromatic heterocycles. The van der Waals surface area contributed by atoms with Crippen LogP contribution < -0.4 is 0 Å². The van der Waals surface area contributed by atoms with Gasteiger partial charge in [0.1, 0.15) is 11.3 Å². The van der Waals surface area contributed by atoms with E-state index in [1.807, 2.05) is 17.9 Å². The van der Waals surface area contributed by atoms with Crippen molar-refractivity contribution >= 4 is 23.1 Å². The second-order valence-electron chi connectivity index (χ2n) is 10.0. The lowest BCUT2D eigenvalue weighted by Gasteiger charge is -2.39. The van der Waals surface area contributed by atoms with Gasteiger partial charge in [-0.1, -0.05) is 31.2 Å². The quantitative estimate of drug-likeness (QED) is 0.492. The third-order valence-electron chi connectivity index (χ3n) is 7.49. The van der Waals surface area contributed by atoms with Crippen LogP contribution in [0.2, 0.25) is 0 Å². The van der Waals surface area contributed by atoms with Gasteiger partial charge in [-0.05, 0) is 55.5 Å². The van der Waals surface area contributed by atoms with E-state index in [4.69, 9.17) is 14.7 Å². The zero-order chi connectivity index (χ0) is 25.1. The first-order chi connectivity index (χ1) is 17.5. The predicted molar refractivity (Wildman–Crippen MR) is 143 cm³/mol. The number of hydrogen-bond donors (Lipinski definition) is 0. The molecule has 2 fully saturated rings. The maximum atomic E-state index is 12.8. The molecule has 0 atom stereocenters. The molecule has 0 saturated carbocycles. The largest absolute Gasteiger partial charge is 0.379 e. The first-order valence-corrected chi connectivity index (χ1v) is 13.2. The van der Waals surface area contributed by atoms with Gasteiger partial charge in [-0.3, -0.25) is 9.69 Å². The molecule has 0 aliphatic carbocycles. The highest BCUT2D eigenvalue weighted by atomic mass is 16.5. The van der Waals surface area contributed by atoms with Gasteiger partial charge in [-0.2, -0.15) is 0 Å². The molecule has 1 amide bonds. The predicted octanol–water partition coefficient (Wildman–Crippen LogP) is 4.00. The first kappa shape index (κ1) is 24.7. The molecule has 2 aliphatic rings. The van der Waals surface area contributed by atoms with Gasteiger partial charge in [0.05, 0.1) is 19.8 Å². The van der Waals surface area contributed by atoms with Crippen LogP contribution >= 0.6 is 0 Å². The van der Waals surface area contributed by atoms with Crippen molar-refractivity contribution in [3.8, 4) is 0 Å². The second kappa shape index (κ2) is 10.9. The van der Waals surface area contributed by atoms with Crippen LogP contribution in [-0.2, 0) is 22.5 Å². The van der Waals surface area contributed by atoms with E-state index in [9.17, 15) is 4.79 Å². The molecule has 3 aromatic rings. The van der Waals surface area contributed by atoms with E-state index >= 15 is 0 Å². The van der Waals surface area contributed by atoms with Gasteiger partial charge < -0.3 is 14.2 Å². The fourth-order valence-corrected chi connectivity index (χ4v) is 5.47. The Morgan fingerprint density at radius 3 is 2.47 bits per heavy atom. The lowest BCUT2D eigenvalue weighted by molar-refractivity contribution is -0.127. The number of morpholine rings is 1. The number of pyridine rings is 1. The number of carbonyl (C=O) groups excluding carboxylic acids is 1. The highest BCUT2D eigenvalue weighted by Gasteiger charge is 2.27. The van der Waals surface area contributed by atoms with Crippen molar-refractivity contribution in [2.24, 2.45) is 0 Å². The summed E-state index contributed by atoms with van der Waals surface area (Å²) >= 11 is 0. The molecular formula is C29H37N5O2. The molecule has 2 saturated heterocycles. The number of rotatable bonds is 6. The monoisotopic (exact) mass is 487 g/mol. The third-order valence-corrected chi connectivity index (χ3v) is 7.49. The Labute approximate surface area is 213 Å². The van der Waals surface area contributed by atoms with Crippen molar-refractivity contribution in [3.63, 3.8) is 0 Å². The first-order valence-electron chi connectivity index (χ1n) is 13.2. The van der Waals surface area contributed by atoms with Crippen LogP contribution in [0.1, 0.15) is 48.0 Å². The van der Waals surface area contributed by atoms with E-state index in [1.54, 1.807) is 6.08 Å². The Hall–Kier alpha value is -3.03. The van der Waals surface area contributed by atoms with Gasteiger partial charge in [0.25, 0.3) is 0 Å². The fraction of sp³-hybridized carbons (Fsp3) is 0.483. The van der Waals surface area contributed by atoms with E-state index in [0.29, 0.717) is 6.04 Å². The lowest BCUT2D eigenvalue weighted by Crippen LogP contribution is -2.49. The summed E-state index contributed by atoms with van der Waals surface area (Å²) in [6.07, 6.45) is 6.61. The molecule has 0 unspecified atom stereocenters. The van der Waals surface area contributed by atoms with Crippen LogP contribution in [-0.4, -0.2) is 75.7 Å². The zero-order valence-corrected chi connectivity index (χ0v) is 21.7. The van der Waals surface area contributed by atoms with Crippen molar-refractivity contribution in [1.29, 1.82) is 0 Å². The normalized spacial score (nSPS) is 17.9. The van der Waals surface area contributed by atoms with E-state index in [2.05, 4.69) is 53.6 Å². The number of ether oxygens (including phenoxy) is 1. The van der Waals surface area contributed by atoms with E-state index in [-0.39, 0.29) is 5.91 Å². The topological polar surface area (TPSA) is 63.5 Å².